The summed E-state index contributed by atoms with van der Waals surface area (Å²) in [4.78, 5) is 41.5. The van der Waals surface area contributed by atoms with E-state index in [-0.39, 0.29) is 36.4 Å². The number of hydrogen-bond acceptors (Lipinski definition) is 4. The van der Waals surface area contributed by atoms with Crippen molar-refractivity contribution in [1.82, 2.24) is 9.47 Å². The van der Waals surface area contributed by atoms with Crippen LogP contribution in [-0.2, 0) is 20.9 Å². The quantitative estimate of drug-likeness (QED) is 0.384. The number of carbonyl (C=O) groups excluding carboxylic acids is 2. The van der Waals surface area contributed by atoms with Gasteiger partial charge in [0.25, 0.3) is 0 Å². The molecule has 1 N–H and O–H groups in total. The Hall–Kier alpha value is -3.97. The third-order valence-corrected chi connectivity index (χ3v) is 7.19. The molecule has 2 heterocycles. The van der Waals surface area contributed by atoms with Gasteiger partial charge >= 0.3 is 0 Å². The van der Waals surface area contributed by atoms with E-state index in [9.17, 15) is 14.4 Å². The van der Waals surface area contributed by atoms with Crippen LogP contribution in [0, 0.1) is 13.8 Å². The Morgan fingerprint density at radius 3 is 2.30 bits per heavy atom. The highest BCUT2D eigenvalue weighted by atomic mass is 16.5. The van der Waals surface area contributed by atoms with Crippen LogP contribution in [0.5, 0.6) is 0 Å². The zero-order chi connectivity index (χ0) is 25.9. The topological polar surface area (TPSA) is 80.6 Å². The largest absolute Gasteiger partial charge is 0.376 e. The number of hydrogen-bond donors (Lipinski definition) is 1. The van der Waals surface area contributed by atoms with Crippen molar-refractivity contribution in [2.75, 3.05) is 25.0 Å². The van der Waals surface area contributed by atoms with Crippen LogP contribution >= 0.6 is 0 Å². The molecule has 1 aromatic heterocycles. The Morgan fingerprint density at radius 1 is 0.973 bits per heavy atom. The second-order valence-electron chi connectivity index (χ2n) is 9.65. The fourth-order valence-electron chi connectivity index (χ4n) is 5.02. The fourth-order valence-corrected chi connectivity index (χ4v) is 5.02. The first-order valence-corrected chi connectivity index (χ1v) is 12.7. The van der Waals surface area contributed by atoms with Crippen molar-refractivity contribution >= 4 is 39.3 Å². The zero-order valence-electron chi connectivity index (χ0n) is 21.2. The molecule has 1 aliphatic rings. The maximum Gasteiger partial charge on any atom is 0.244 e. The summed E-state index contributed by atoms with van der Waals surface area (Å²) < 4.78 is 7.68. The summed E-state index contributed by atoms with van der Waals surface area (Å²) in [6, 6.07) is 20.4. The van der Waals surface area contributed by atoms with Crippen molar-refractivity contribution < 1.29 is 14.3 Å². The van der Waals surface area contributed by atoms with Crippen molar-refractivity contribution in [3.63, 3.8) is 0 Å². The first kappa shape index (κ1) is 24.7. The Labute approximate surface area is 215 Å². The second kappa shape index (κ2) is 10.6. The highest BCUT2D eigenvalue weighted by Gasteiger charge is 2.25. The second-order valence-corrected chi connectivity index (χ2v) is 9.65. The van der Waals surface area contributed by atoms with Crippen LogP contribution in [0.2, 0.25) is 0 Å². The molecule has 190 valence electrons. The SMILES string of the molecule is Cc1cccc(NC(=O)CN(CC2CCCO2)C(=O)Cn2c3ccccc3c(=O)c3ccccc32)c1C. The van der Waals surface area contributed by atoms with E-state index in [1.807, 2.05) is 73.0 Å². The Morgan fingerprint density at radius 2 is 1.65 bits per heavy atom. The van der Waals surface area contributed by atoms with Crippen molar-refractivity contribution in [1.29, 1.82) is 0 Å². The van der Waals surface area contributed by atoms with Gasteiger partial charge in [-0.2, -0.15) is 0 Å². The van der Waals surface area contributed by atoms with E-state index in [1.54, 1.807) is 17.0 Å². The molecule has 37 heavy (non-hydrogen) atoms. The van der Waals surface area contributed by atoms with E-state index in [4.69, 9.17) is 4.74 Å². The van der Waals surface area contributed by atoms with Crippen LogP contribution in [0.4, 0.5) is 5.69 Å². The molecule has 1 atom stereocenters. The molecule has 1 aliphatic heterocycles. The van der Waals surface area contributed by atoms with Gasteiger partial charge in [0.1, 0.15) is 13.1 Å². The Bertz CT molecular complexity index is 1480. The lowest BCUT2D eigenvalue weighted by Crippen LogP contribution is -2.44. The lowest BCUT2D eigenvalue weighted by Gasteiger charge is -2.26. The number of aromatic nitrogens is 1. The number of aryl methyl sites for hydroxylation is 1. The number of nitrogens with zero attached hydrogens (tertiary/aromatic N) is 2. The van der Waals surface area contributed by atoms with Gasteiger partial charge in [-0.25, -0.2) is 0 Å². The van der Waals surface area contributed by atoms with Gasteiger partial charge in [0, 0.05) is 29.6 Å². The molecule has 1 fully saturated rings. The van der Waals surface area contributed by atoms with Crippen molar-refractivity contribution in [2.45, 2.75) is 39.3 Å². The Kier molecular flexibility index (Phi) is 7.06. The number of pyridine rings is 1. The van der Waals surface area contributed by atoms with Crippen molar-refractivity contribution in [3.05, 3.63) is 88.1 Å². The molecule has 2 amide bonds. The fraction of sp³-hybridized carbons (Fsp3) is 0.300. The average Bonchev–Trinajstić information content (AvgIpc) is 3.42. The molecule has 5 rings (SSSR count). The highest BCUT2D eigenvalue weighted by Crippen LogP contribution is 2.21. The van der Waals surface area contributed by atoms with Crippen LogP contribution < -0.4 is 10.7 Å². The molecule has 3 aromatic carbocycles. The van der Waals surface area contributed by atoms with Crippen LogP contribution in [-0.4, -0.2) is 47.1 Å². The first-order valence-electron chi connectivity index (χ1n) is 12.7. The van der Waals surface area contributed by atoms with E-state index in [0.717, 1.165) is 29.7 Å². The number of carbonyl (C=O) groups is 2. The van der Waals surface area contributed by atoms with Gasteiger partial charge in [-0.05, 0) is 68.1 Å². The predicted octanol–water partition coefficient (Wildman–Crippen LogP) is 4.42. The summed E-state index contributed by atoms with van der Waals surface area (Å²) in [6.07, 6.45) is 1.70. The average molecular weight is 498 g/mol. The minimum absolute atomic E-state index is 0.00474. The number of rotatable bonds is 7. The smallest absolute Gasteiger partial charge is 0.244 e. The van der Waals surface area contributed by atoms with Gasteiger partial charge in [-0.3, -0.25) is 14.4 Å². The van der Waals surface area contributed by atoms with Gasteiger partial charge in [0.05, 0.1) is 17.1 Å². The van der Waals surface area contributed by atoms with Crippen LogP contribution in [0.1, 0.15) is 24.0 Å². The molecule has 0 bridgehead atoms. The molecule has 0 spiro atoms. The lowest BCUT2D eigenvalue weighted by atomic mass is 10.1. The van der Waals surface area contributed by atoms with Gasteiger partial charge < -0.3 is 19.5 Å². The van der Waals surface area contributed by atoms with Crippen LogP contribution in [0.15, 0.2) is 71.5 Å². The molecule has 4 aromatic rings. The van der Waals surface area contributed by atoms with Gasteiger partial charge in [-0.15, -0.1) is 0 Å². The standard InChI is InChI=1S/C30H31N3O4/c1-20-9-7-13-25(21(20)2)31-28(34)18-32(17-22-10-8-16-37-22)29(35)19-33-26-14-5-3-11-23(26)30(36)24-12-4-6-15-27(24)33/h3-7,9,11-15,22H,8,10,16-19H2,1-2H3,(H,31,34). The Balaban J connectivity index is 1.45. The molecule has 0 radical (unpaired) electrons. The molecule has 0 aliphatic carbocycles. The van der Waals surface area contributed by atoms with Crippen molar-refractivity contribution in [3.8, 4) is 0 Å². The number of para-hydroxylation sites is 2. The number of anilines is 1. The summed E-state index contributed by atoms with van der Waals surface area (Å²) >= 11 is 0. The molecule has 7 nitrogen and oxygen atoms in total. The number of nitrogens with one attached hydrogen (secondary N) is 1. The molecule has 0 saturated carbocycles. The molecule has 1 saturated heterocycles. The zero-order valence-corrected chi connectivity index (χ0v) is 21.2. The number of benzene rings is 3. The molecular formula is C30H31N3O4. The molecule has 1 unspecified atom stereocenters. The lowest BCUT2D eigenvalue weighted by molar-refractivity contribution is -0.136. The molecule has 7 heteroatoms. The van der Waals surface area contributed by atoms with E-state index in [1.165, 1.54) is 0 Å². The van der Waals surface area contributed by atoms with E-state index < -0.39 is 0 Å². The number of ether oxygens (including phenoxy) is 1. The number of amides is 2. The van der Waals surface area contributed by atoms with Crippen LogP contribution in [0.25, 0.3) is 21.8 Å². The summed E-state index contributed by atoms with van der Waals surface area (Å²) in [5, 5.41) is 4.09. The molecular weight excluding hydrogens is 466 g/mol. The van der Waals surface area contributed by atoms with Crippen molar-refractivity contribution in [2.24, 2.45) is 0 Å². The maximum atomic E-state index is 13.8. The third kappa shape index (κ3) is 5.13. The number of fused-ring (bicyclic) bond motifs is 2. The summed E-state index contributed by atoms with van der Waals surface area (Å²) in [7, 11) is 0. The summed E-state index contributed by atoms with van der Waals surface area (Å²) in [6.45, 7) is 4.89. The normalized spacial score (nSPS) is 15.2. The van der Waals surface area contributed by atoms with Gasteiger partial charge in [-0.1, -0.05) is 36.4 Å². The highest BCUT2D eigenvalue weighted by molar-refractivity contribution is 5.97. The first-order chi connectivity index (χ1) is 17.9. The summed E-state index contributed by atoms with van der Waals surface area (Å²) in [5.74, 6) is -0.458. The monoisotopic (exact) mass is 497 g/mol. The predicted molar refractivity (Wildman–Crippen MR) is 146 cm³/mol. The van der Waals surface area contributed by atoms with E-state index >= 15 is 0 Å². The minimum atomic E-state index is -0.255. The third-order valence-electron chi connectivity index (χ3n) is 7.19. The summed E-state index contributed by atoms with van der Waals surface area (Å²) in [5.41, 5.74) is 4.15. The minimum Gasteiger partial charge on any atom is -0.376 e. The van der Waals surface area contributed by atoms with E-state index in [2.05, 4.69) is 5.32 Å². The van der Waals surface area contributed by atoms with Gasteiger partial charge in [0.2, 0.25) is 11.8 Å². The van der Waals surface area contributed by atoms with Gasteiger partial charge in [0.15, 0.2) is 5.43 Å². The van der Waals surface area contributed by atoms with E-state index in [0.29, 0.717) is 35.0 Å². The maximum absolute atomic E-state index is 13.8. The van der Waals surface area contributed by atoms with Crippen LogP contribution in [0.3, 0.4) is 0 Å².